The number of halogens is 1. The number of nitrogens with zero attached hydrogens (tertiary/aromatic N) is 4. The molecule has 0 aliphatic carbocycles. The minimum absolute atomic E-state index is 0.0608. The number of hydrogen-bond acceptors (Lipinski definition) is 4. The van der Waals surface area contributed by atoms with Crippen LogP contribution >= 0.6 is 0 Å². The fourth-order valence-electron chi connectivity index (χ4n) is 2.90. The van der Waals surface area contributed by atoms with Crippen molar-refractivity contribution in [3.05, 3.63) is 58.9 Å². The number of rotatable bonds is 5. The summed E-state index contributed by atoms with van der Waals surface area (Å²) in [5, 5.41) is 7.09. The van der Waals surface area contributed by atoms with E-state index in [0.29, 0.717) is 18.6 Å². The van der Waals surface area contributed by atoms with Crippen LogP contribution in [-0.2, 0) is 11.2 Å². The normalized spacial score (nSPS) is 12.3. The summed E-state index contributed by atoms with van der Waals surface area (Å²) in [6.45, 7) is 5.74. The Morgan fingerprint density at radius 1 is 1.28 bits per heavy atom. The van der Waals surface area contributed by atoms with Crippen LogP contribution in [-0.4, -0.2) is 25.5 Å². The van der Waals surface area contributed by atoms with Gasteiger partial charge in [-0.3, -0.25) is 4.79 Å². The van der Waals surface area contributed by atoms with E-state index in [-0.39, 0.29) is 17.8 Å². The Morgan fingerprint density at radius 2 is 2.00 bits per heavy atom. The van der Waals surface area contributed by atoms with E-state index >= 15 is 0 Å². The highest BCUT2D eigenvalue weighted by Gasteiger charge is 2.14. The number of fused-ring (bicyclic) bond motifs is 1. The monoisotopic (exact) mass is 341 g/mol. The zero-order chi connectivity index (χ0) is 18.0. The molecule has 0 saturated carbocycles. The zero-order valence-corrected chi connectivity index (χ0v) is 14.5. The Labute approximate surface area is 145 Å². The molecule has 1 atom stereocenters. The summed E-state index contributed by atoms with van der Waals surface area (Å²) in [4.78, 5) is 20.8. The molecule has 0 unspecified atom stereocenters. The van der Waals surface area contributed by atoms with E-state index < -0.39 is 0 Å². The van der Waals surface area contributed by atoms with Crippen LogP contribution in [0.1, 0.15) is 41.9 Å². The summed E-state index contributed by atoms with van der Waals surface area (Å²) in [7, 11) is 0. The predicted octanol–water partition coefficient (Wildman–Crippen LogP) is 2.69. The molecule has 3 rings (SSSR count). The second-order valence-electron chi connectivity index (χ2n) is 6.07. The fourth-order valence-corrected chi connectivity index (χ4v) is 2.90. The first-order valence-electron chi connectivity index (χ1n) is 8.16. The highest BCUT2D eigenvalue weighted by Crippen LogP contribution is 2.16. The average molecular weight is 341 g/mol. The van der Waals surface area contributed by atoms with Crippen LogP contribution in [0.25, 0.3) is 5.78 Å². The molecule has 7 heteroatoms. The van der Waals surface area contributed by atoms with Gasteiger partial charge < -0.3 is 5.32 Å². The third-order valence-corrected chi connectivity index (χ3v) is 4.34. The molecular weight excluding hydrogens is 321 g/mol. The maximum absolute atomic E-state index is 13.0. The van der Waals surface area contributed by atoms with Gasteiger partial charge in [0.2, 0.25) is 5.91 Å². The summed E-state index contributed by atoms with van der Waals surface area (Å²) in [5.74, 6) is 0.215. The van der Waals surface area contributed by atoms with Crippen LogP contribution in [0, 0.1) is 19.7 Å². The number of carbonyl (C=O) groups is 1. The van der Waals surface area contributed by atoms with Gasteiger partial charge in [0.1, 0.15) is 12.1 Å². The number of carbonyl (C=O) groups excluding carboxylic acids is 1. The van der Waals surface area contributed by atoms with Crippen LogP contribution in [0.5, 0.6) is 0 Å². The molecule has 6 nitrogen and oxygen atoms in total. The lowest BCUT2D eigenvalue weighted by Crippen LogP contribution is -2.27. The number of aromatic nitrogens is 4. The minimum atomic E-state index is -0.288. The summed E-state index contributed by atoms with van der Waals surface area (Å²) in [6.07, 6.45) is 2.38. The van der Waals surface area contributed by atoms with Gasteiger partial charge in [0.15, 0.2) is 0 Å². The van der Waals surface area contributed by atoms with Gasteiger partial charge in [-0.2, -0.15) is 10.1 Å². The first-order chi connectivity index (χ1) is 12.0. The molecule has 0 spiro atoms. The van der Waals surface area contributed by atoms with Crippen LogP contribution < -0.4 is 5.32 Å². The van der Waals surface area contributed by atoms with Gasteiger partial charge in [-0.15, -0.1) is 0 Å². The Hall–Kier alpha value is -2.83. The quantitative estimate of drug-likeness (QED) is 0.774. The molecule has 0 fully saturated rings. The van der Waals surface area contributed by atoms with E-state index in [1.54, 1.807) is 16.6 Å². The molecule has 0 aliphatic rings. The van der Waals surface area contributed by atoms with Gasteiger partial charge in [-0.1, -0.05) is 12.1 Å². The van der Waals surface area contributed by atoms with Crippen molar-refractivity contribution in [2.45, 2.75) is 39.7 Å². The molecule has 1 N–H and O–H groups in total. The summed E-state index contributed by atoms with van der Waals surface area (Å²) in [5.41, 5.74) is 3.67. The van der Waals surface area contributed by atoms with E-state index in [9.17, 15) is 9.18 Å². The van der Waals surface area contributed by atoms with Crippen LogP contribution in [0.3, 0.4) is 0 Å². The fraction of sp³-hybridized carbons (Fsp3) is 0.333. The maximum Gasteiger partial charge on any atom is 0.252 e. The van der Waals surface area contributed by atoms with Crippen molar-refractivity contribution in [2.75, 3.05) is 0 Å². The van der Waals surface area contributed by atoms with Crippen molar-refractivity contribution in [1.29, 1.82) is 0 Å². The largest absolute Gasteiger partial charge is 0.350 e. The van der Waals surface area contributed by atoms with Gasteiger partial charge >= 0.3 is 0 Å². The molecule has 0 aliphatic heterocycles. The molecule has 0 radical (unpaired) electrons. The average Bonchev–Trinajstić information content (AvgIpc) is 3.03. The smallest absolute Gasteiger partial charge is 0.252 e. The van der Waals surface area contributed by atoms with Crippen molar-refractivity contribution in [1.82, 2.24) is 24.9 Å². The zero-order valence-electron chi connectivity index (χ0n) is 14.5. The number of amides is 1. The highest BCUT2D eigenvalue weighted by molar-refractivity contribution is 5.76. The van der Waals surface area contributed by atoms with E-state index in [0.717, 1.165) is 22.5 Å². The standard InChI is InChI=1S/C18H20FN5O/c1-11(14-4-6-15(19)7-5-14)22-17(25)9-8-16-12(2)23-18-20-10-21-24(18)13(16)3/h4-7,10-11H,8-9H2,1-3H3,(H,22,25)/t11-/m0/s1. The lowest BCUT2D eigenvalue weighted by molar-refractivity contribution is -0.121. The Morgan fingerprint density at radius 3 is 2.72 bits per heavy atom. The molecular formula is C18H20FN5O. The van der Waals surface area contributed by atoms with E-state index in [1.807, 2.05) is 20.8 Å². The molecule has 1 amide bonds. The van der Waals surface area contributed by atoms with Gasteiger partial charge in [0, 0.05) is 17.8 Å². The molecule has 0 bridgehead atoms. The van der Waals surface area contributed by atoms with Crippen LogP contribution in [0.4, 0.5) is 4.39 Å². The maximum atomic E-state index is 13.0. The molecule has 1 aromatic carbocycles. The number of nitrogens with one attached hydrogen (secondary N) is 1. The minimum Gasteiger partial charge on any atom is -0.350 e. The van der Waals surface area contributed by atoms with E-state index in [1.165, 1.54) is 18.5 Å². The Balaban J connectivity index is 1.65. The summed E-state index contributed by atoms with van der Waals surface area (Å²) >= 11 is 0. The van der Waals surface area contributed by atoms with Gasteiger partial charge in [-0.05, 0) is 50.5 Å². The predicted molar refractivity (Wildman–Crippen MR) is 91.5 cm³/mol. The van der Waals surface area contributed by atoms with Gasteiger partial charge in [-0.25, -0.2) is 13.9 Å². The van der Waals surface area contributed by atoms with Crippen molar-refractivity contribution in [2.24, 2.45) is 0 Å². The molecule has 130 valence electrons. The third-order valence-electron chi connectivity index (χ3n) is 4.34. The van der Waals surface area contributed by atoms with E-state index in [4.69, 9.17) is 0 Å². The van der Waals surface area contributed by atoms with Crippen molar-refractivity contribution in [3.8, 4) is 0 Å². The van der Waals surface area contributed by atoms with Crippen LogP contribution in [0.2, 0.25) is 0 Å². The Kier molecular flexibility index (Phi) is 4.74. The SMILES string of the molecule is Cc1nc2ncnn2c(C)c1CCC(=O)N[C@@H](C)c1ccc(F)cc1. The van der Waals surface area contributed by atoms with Gasteiger partial charge in [0.05, 0.1) is 6.04 Å². The van der Waals surface area contributed by atoms with Crippen LogP contribution in [0.15, 0.2) is 30.6 Å². The third kappa shape index (κ3) is 3.65. The molecule has 25 heavy (non-hydrogen) atoms. The molecule has 0 saturated heterocycles. The van der Waals surface area contributed by atoms with Crippen molar-refractivity contribution >= 4 is 11.7 Å². The highest BCUT2D eigenvalue weighted by atomic mass is 19.1. The van der Waals surface area contributed by atoms with Crippen molar-refractivity contribution in [3.63, 3.8) is 0 Å². The molecule has 2 heterocycles. The first kappa shape index (κ1) is 17.0. The molecule has 3 aromatic rings. The Bertz CT molecular complexity index is 904. The number of hydrogen-bond donors (Lipinski definition) is 1. The van der Waals surface area contributed by atoms with E-state index in [2.05, 4.69) is 20.4 Å². The summed E-state index contributed by atoms with van der Waals surface area (Å²) in [6, 6.07) is 5.97. The topological polar surface area (TPSA) is 72.2 Å². The second kappa shape index (κ2) is 6.96. The molecule has 2 aromatic heterocycles. The summed E-state index contributed by atoms with van der Waals surface area (Å²) < 4.78 is 14.7. The van der Waals surface area contributed by atoms with Gasteiger partial charge in [0.25, 0.3) is 5.78 Å². The lowest BCUT2D eigenvalue weighted by Gasteiger charge is -2.15. The van der Waals surface area contributed by atoms with Crippen molar-refractivity contribution < 1.29 is 9.18 Å². The first-order valence-corrected chi connectivity index (χ1v) is 8.16. The number of benzene rings is 1. The lowest BCUT2D eigenvalue weighted by atomic mass is 10.1. The second-order valence-corrected chi connectivity index (χ2v) is 6.07. The number of aryl methyl sites for hydroxylation is 2.